The summed E-state index contributed by atoms with van der Waals surface area (Å²) in [5.74, 6) is 0.604. The molecule has 1 N–H and O–H groups in total. The molecule has 0 saturated carbocycles. The number of unbranched alkanes of at least 4 members (excludes halogenated alkanes) is 1. The molecule has 1 saturated heterocycles. The van der Waals surface area contributed by atoms with Crippen molar-refractivity contribution in [3.05, 3.63) is 70.3 Å². The van der Waals surface area contributed by atoms with Crippen molar-refractivity contribution in [1.29, 1.82) is 0 Å². The number of H-pyrrole nitrogens is 1. The molecule has 170 valence electrons. The lowest BCUT2D eigenvalue weighted by Gasteiger charge is -2.37. The Labute approximate surface area is 189 Å². The molecule has 0 radical (unpaired) electrons. The molecular formula is C24H30N4O3S. The summed E-state index contributed by atoms with van der Waals surface area (Å²) in [4.78, 5) is 22.4. The number of nitrogens with zero attached hydrogens (tertiary/aromatic N) is 3. The standard InChI is InChI=1S/C24H30N4O3S/c1-3-4-7-19-10-12-20(13-11-19)32(30,31)28-16-14-27(15-17-28)18(2)23-25-22-9-6-5-8-21(22)24(29)26-23/h5-6,8-13,18H,3-4,7,14-17H2,1-2H3,(H,25,26,29)/t18-/m0/s1. The van der Waals surface area contributed by atoms with Crippen LogP contribution in [0.25, 0.3) is 10.9 Å². The number of nitrogens with one attached hydrogen (secondary N) is 1. The first-order valence-electron chi connectivity index (χ1n) is 11.2. The number of aromatic amines is 1. The van der Waals surface area contributed by atoms with Gasteiger partial charge in [-0.15, -0.1) is 0 Å². The van der Waals surface area contributed by atoms with E-state index in [9.17, 15) is 13.2 Å². The fourth-order valence-electron chi connectivity index (χ4n) is 4.16. The van der Waals surface area contributed by atoms with Crippen molar-refractivity contribution in [2.75, 3.05) is 26.2 Å². The summed E-state index contributed by atoms with van der Waals surface area (Å²) in [5.41, 5.74) is 1.68. The van der Waals surface area contributed by atoms with Crippen molar-refractivity contribution in [3.63, 3.8) is 0 Å². The Kier molecular flexibility index (Phi) is 6.74. The molecule has 0 amide bonds. The van der Waals surface area contributed by atoms with Crippen LogP contribution in [0, 0.1) is 0 Å². The highest BCUT2D eigenvalue weighted by molar-refractivity contribution is 7.89. The van der Waals surface area contributed by atoms with Crippen molar-refractivity contribution in [2.45, 2.75) is 44.0 Å². The molecule has 1 atom stereocenters. The summed E-state index contributed by atoms with van der Waals surface area (Å²) in [6, 6.07) is 14.4. The molecule has 3 aromatic rings. The van der Waals surface area contributed by atoms with Gasteiger partial charge in [0.15, 0.2) is 0 Å². The maximum Gasteiger partial charge on any atom is 0.258 e. The minimum absolute atomic E-state index is 0.116. The van der Waals surface area contributed by atoms with Crippen molar-refractivity contribution in [2.24, 2.45) is 0 Å². The van der Waals surface area contributed by atoms with Crippen molar-refractivity contribution < 1.29 is 8.42 Å². The molecule has 1 aliphatic heterocycles. The van der Waals surface area contributed by atoms with Gasteiger partial charge in [-0.05, 0) is 49.6 Å². The molecule has 1 aromatic heterocycles. The number of piperazine rings is 1. The quantitative estimate of drug-likeness (QED) is 0.592. The third-order valence-corrected chi connectivity index (χ3v) is 8.14. The summed E-state index contributed by atoms with van der Waals surface area (Å²) in [6.07, 6.45) is 3.19. The molecule has 0 aliphatic carbocycles. The number of aromatic nitrogens is 2. The molecule has 0 spiro atoms. The van der Waals surface area contributed by atoms with Crippen LogP contribution in [0.1, 0.15) is 44.1 Å². The highest BCUT2D eigenvalue weighted by Crippen LogP contribution is 2.23. The molecule has 8 heteroatoms. The fraction of sp³-hybridized carbons (Fsp3) is 0.417. The lowest BCUT2D eigenvalue weighted by Crippen LogP contribution is -2.49. The molecular weight excluding hydrogens is 424 g/mol. The Bertz CT molecular complexity index is 1230. The largest absolute Gasteiger partial charge is 0.309 e. The number of aryl methyl sites for hydroxylation is 1. The van der Waals surface area contributed by atoms with Crippen LogP contribution in [0.2, 0.25) is 0 Å². The van der Waals surface area contributed by atoms with E-state index in [-0.39, 0.29) is 11.6 Å². The van der Waals surface area contributed by atoms with Gasteiger partial charge in [-0.2, -0.15) is 4.31 Å². The highest BCUT2D eigenvalue weighted by atomic mass is 32.2. The summed E-state index contributed by atoms with van der Waals surface area (Å²) < 4.78 is 27.7. The molecule has 1 fully saturated rings. The SMILES string of the molecule is CCCCc1ccc(S(=O)(=O)N2CCN([C@@H](C)c3nc4ccccc4c(=O)[nH]3)CC2)cc1. The van der Waals surface area contributed by atoms with Crippen LogP contribution in [0.5, 0.6) is 0 Å². The predicted octanol–water partition coefficient (Wildman–Crippen LogP) is 3.33. The number of para-hydroxylation sites is 1. The number of rotatable bonds is 7. The third-order valence-electron chi connectivity index (χ3n) is 6.23. The topological polar surface area (TPSA) is 86.4 Å². The van der Waals surface area contributed by atoms with Crippen molar-refractivity contribution >= 4 is 20.9 Å². The smallest absolute Gasteiger partial charge is 0.258 e. The zero-order valence-corrected chi connectivity index (χ0v) is 19.4. The van der Waals surface area contributed by atoms with Gasteiger partial charge in [-0.3, -0.25) is 9.69 Å². The molecule has 1 aliphatic rings. The van der Waals surface area contributed by atoms with Gasteiger partial charge in [-0.1, -0.05) is 37.6 Å². The average molecular weight is 455 g/mol. The van der Waals surface area contributed by atoms with E-state index in [1.54, 1.807) is 22.5 Å². The maximum absolute atomic E-state index is 13.1. The minimum atomic E-state index is -3.52. The van der Waals surface area contributed by atoms with Gasteiger partial charge >= 0.3 is 0 Å². The summed E-state index contributed by atoms with van der Waals surface area (Å²) >= 11 is 0. The first kappa shape index (κ1) is 22.6. The van der Waals surface area contributed by atoms with E-state index < -0.39 is 10.0 Å². The van der Waals surface area contributed by atoms with Crippen LogP contribution in [0.4, 0.5) is 0 Å². The van der Waals surface area contributed by atoms with E-state index in [2.05, 4.69) is 21.8 Å². The van der Waals surface area contributed by atoms with Crippen LogP contribution in [0.15, 0.2) is 58.2 Å². The lowest BCUT2D eigenvalue weighted by molar-refractivity contribution is 0.141. The molecule has 7 nitrogen and oxygen atoms in total. The van der Waals surface area contributed by atoms with Gasteiger partial charge in [0.25, 0.3) is 5.56 Å². The zero-order chi connectivity index (χ0) is 22.7. The van der Waals surface area contributed by atoms with E-state index in [1.807, 2.05) is 37.3 Å². The van der Waals surface area contributed by atoms with Crippen LogP contribution in [-0.4, -0.2) is 53.8 Å². The van der Waals surface area contributed by atoms with E-state index in [1.165, 1.54) is 5.56 Å². The summed E-state index contributed by atoms with van der Waals surface area (Å²) in [6.45, 7) is 6.10. The summed E-state index contributed by atoms with van der Waals surface area (Å²) in [7, 11) is -3.52. The summed E-state index contributed by atoms with van der Waals surface area (Å²) in [5, 5.41) is 0.570. The van der Waals surface area contributed by atoms with Gasteiger partial charge in [0, 0.05) is 26.2 Å². The number of fused-ring (bicyclic) bond motifs is 1. The number of hydrogen-bond acceptors (Lipinski definition) is 5. The third kappa shape index (κ3) is 4.62. The molecule has 0 bridgehead atoms. The van der Waals surface area contributed by atoms with Gasteiger partial charge in [0.05, 0.1) is 21.8 Å². The Morgan fingerprint density at radius 2 is 1.72 bits per heavy atom. The van der Waals surface area contributed by atoms with Gasteiger partial charge in [0.2, 0.25) is 10.0 Å². The highest BCUT2D eigenvalue weighted by Gasteiger charge is 2.31. The molecule has 32 heavy (non-hydrogen) atoms. The second-order valence-corrected chi connectivity index (χ2v) is 10.3. The van der Waals surface area contributed by atoms with E-state index in [0.717, 1.165) is 19.3 Å². The lowest BCUT2D eigenvalue weighted by atomic mass is 10.1. The number of benzene rings is 2. The Balaban J connectivity index is 1.44. The minimum Gasteiger partial charge on any atom is -0.309 e. The predicted molar refractivity (Wildman–Crippen MR) is 126 cm³/mol. The second kappa shape index (κ2) is 9.52. The van der Waals surface area contributed by atoms with E-state index in [0.29, 0.717) is 47.8 Å². The monoisotopic (exact) mass is 454 g/mol. The first-order valence-corrected chi connectivity index (χ1v) is 12.7. The van der Waals surface area contributed by atoms with Crippen LogP contribution in [0.3, 0.4) is 0 Å². The number of sulfonamides is 1. The Morgan fingerprint density at radius 1 is 1.03 bits per heavy atom. The molecule has 2 heterocycles. The first-order chi connectivity index (χ1) is 15.4. The Morgan fingerprint density at radius 3 is 2.41 bits per heavy atom. The van der Waals surface area contributed by atoms with Crippen LogP contribution >= 0.6 is 0 Å². The normalized spacial score (nSPS) is 16.9. The van der Waals surface area contributed by atoms with E-state index in [4.69, 9.17) is 0 Å². The van der Waals surface area contributed by atoms with Crippen LogP contribution in [-0.2, 0) is 16.4 Å². The Hall–Kier alpha value is -2.55. The van der Waals surface area contributed by atoms with E-state index >= 15 is 0 Å². The number of hydrogen-bond donors (Lipinski definition) is 1. The maximum atomic E-state index is 13.1. The zero-order valence-electron chi connectivity index (χ0n) is 18.6. The molecule has 0 unspecified atom stereocenters. The van der Waals surface area contributed by atoms with Gasteiger partial charge in [0.1, 0.15) is 5.82 Å². The fourth-order valence-corrected chi connectivity index (χ4v) is 5.59. The van der Waals surface area contributed by atoms with Crippen LogP contribution < -0.4 is 5.56 Å². The van der Waals surface area contributed by atoms with Gasteiger partial charge in [-0.25, -0.2) is 13.4 Å². The molecule has 4 rings (SSSR count). The van der Waals surface area contributed by atoms with Crippen molar-refractivity contribution in [1.82, 2.24) is 19.2 Å². The second-order valence-electron chi connectivity index (χ2n) is 8.33. The molecule has 2 aromatic carbocycles. The van der Waals surface area contributed by atoms with Crippen molar-refractivity contribution in [3.8, 4) is 0 Å². The average Bonchev–Trinajstić information content (AvgIpc) is 2.82. The van der Waals surface area contributed by atoms with Gasteiger partial charge < -0.3 is 4.98 Å².